The van der Waals surface area contributed by atoms with Crippen molar-refractivity contribution in [1.29, 1.82) is 0 Å². The van der Waals surface area contributed by atoms with Crippen molar-refractivity contribution in [2.24, 2.45) is 0 Å². The molecule has 0 aliphatic heterocycles. The maximum absolute atomic E-state index is 8.64. The lowest BCUT2D eigenvalue weighted by Gasteiger charge is -2.12. The summed E-state index contributed by atoms with van der Waals surface area (Å²) in [6.45, 7) is 0.105. The van der Waals surface area contributed by atoms with Gasteiger partial charge in [0, 0.05) is 12.1 Å². The van der Waals surface area contributed by atoms with Crippen LogP contribution in [-0.2, 0) is 0 Å². The minimum atomic E-state index is -0.110. The summed E-state index contributed by atoms with van der Waals surface area (Å²) in [7, 11) is 0. The highest BCUT2D eigenvalue weighted by atomic mass is 16.5. The second-order valence-electron chi connectivity index (χ2n) is 3.07. The van der Waals surface area contributed by atoms with Crippen molar-refractivity contribution in [1.82, 2.24) is 0 Å². The van der Waals surface area contributed by atoms with E-state index in [1.54, 1.807) is 12.1 Å². The fourth-order valence-corrected chi connectivity index (χ4v) is 1.14. The van der Waals surface area contributed by atoms with Gasteiger partial charge in [-0.2, -0.15) is 0 Å². The predicted octanol–water partition coefficient (Wildman–Crippen LogP) is -0.407. The monoisotopic (exact) mass is 228 g/mol. The third kappa shape index (κ3) is 3.18. The normalized spacial score (nSPS) is 10.1. The molecule has 0 aromatic heterocycles. The van der Waals surface area contributed by atoms with Gasteiger partial charge in [0.05, 0.1) is 24.6 Å². The molecule has 0 fully saturated rings. The molecule has 0 aliphatic rings. The Balaban J connectivity index is 2.83. The quantitative estimate of drug-likeness (QED) is 0.493. The molecule has 1 aromatic carbocycles. The molecule has 0 amide bonds. The average Bonchev–Trinajstić information content (AvgIpc) is 2.28. The number of anilines is 2. The van der Waals surface area contributed by atoms with Crippen LogP contribution in [0.5, 0.6) is 11.5 Å². The third-order valence-corrected chi connectivity index (χ3v) is 1.86. The van der Waals surface area contributed by atoms with Crippen LogP contribution < -0.4 is 20.9 Å². The van der Waals surface area contributed by atoms with E-state index in [1.165, 1.54) is 0 Å². The van der Waals surface area contributed by atoms with E-state index >= 15 is 0 Å². The second kappa shape index (κ2) is 6.04. The van der Waals surface area contributed by atoms with Crippen molar-refractivity contribution < 1.29 is 19.7 Å². The van der Waals surface area contributed by atoms with Gasteiger partial charge in [-0.25, -0.2) is 0 Å². The third-order valence-electron chi connectivity index (χ3n) is 1.86. The van der Waals surface area contributed by atoms with Crippen LogP contribution >= 0.6 is 0 Å². The molecule has 0 saturated heterocycles. The van der Waals surface area contributed by atoms with Crippen LogP contribution in [0.1, 0.15) is 0 Å². The molecular formula is C10H16N2O4. The van der Waals surface area contributed by atoms with Crippen LogP contribution in [0, 0.1) is 0 Å². The number of benzene rings is 1. The van der Waals surface area contributed by atoms with E-state index in [-0.39, 0.29) is 26.4 Å². The summed E-state index contributed by atoms with van der Waals surface area (Å²) in [5.74, 6) is 0.829. The maximum atomic E-state index is 8.64. The number of ether oxygens (including phenoxy) is 2. The molecule has 0 saturated carbocycles. The van der Waals surface area contributed by atoms with Gasteiger partial charge in [-0.1, -0.05) is 0 Å². The standard InChI is InChI=1S/C10H16N2O4/c11-8-5-7(15-3-1-13)6-9(10(8)12)16-4-2-14/h5-6,13-14H,1-4,11-12H2. The Labute approximate surface area is 93.4 Å². The molecule has 0 heterocycles. The first-order valence-electron chi connectivity index (χ1n) is 4.85. The predicted molar refractivity (Wildman–Crippen MR) is 60.4 cm³/mol. The van der Waals surface area contributed by atoms with Gasteiger partial charge in [-0.3, -0.25) is 0 Å². The lowest BCUT2D eigenvalue weighted by Crippen LogP contribution is -2.07. The number of aliphatic hydroxyl groups is 2. The molecule has 16 heavy (non-hydrogen) atoms. The molecular weight excluding hydrogens is 212 g/mol. The maximum Gasteiger partial charge on any atom is 0.148 e. The minimum Gasteiger partial charge on any atom is -0.491 e. The zero-order valence-corrected chi connectivity index (χ0v) is 8.85. The Bertz CT molecular complexity index is 344. The van der Waals surface area contributed by atoms with Gasteiger partial charge in [0.15, 0.2) is 0 Å². The molecule has 90 valence electrons. The zero-order valence-electron chi connectivity index (χ0n) is 8.85. The first-order valence-corrected chi connectivity index (χ1v) is 4.85. The van der Waals surface area contributed by atoms with Gasteiger partial charge < -0.3 is 31.2 Å². The van der Waals surface area contributed by atoms with Gasteiger partial charge in [-0.05, 0) is 0 Å². The highest BCUT2D eigenvalue weighted by Gasteiger charge is 2.07. The van der Waals surface area contributed by atoms with Crippen LogP contribution in [0.25, 0.3) is 0 Å². The van der Waals surface area contributed by atoms with E-state index in [9.17, 15) is 0 Å². The Hall–Kier alpha value is -1.66. The molecule has 0 unspecified atom stereocenters. The highest BCUT2D eigenvalue weighted by Crippen LogP contribution is 2.32. The second-order valence-corrected chi connectivity index (χ2v) is 3.07. The van der Waals surface area contributed by atoms with E-state index in [0.29, 0.717) is 22.9 Å². The summed E-state index contributed by atoms with van der Waals surface area (Å²) in [4.78, 5) is 0. The number of aliphatic hydroxyl groups excluding tert-OH is 2. The average molecular weight is 228 g/mol. The van der Waals surface area contributed by atoms with E-state index in [0.717, 1.165) is 0 Å². The molecule has 6 heteroatoms. The van der Waals surface area contributed by atoms with Crippen molar-refractivity contribution in [3.63, 3.8) is 0 Å². The molecule has 0 bridgehead atoms. The Kier molecular flexibility index (Phi) is 4.68. The Morgan fingerprint density at radius 2 is 1.62 bits per heavy atom. The van der Waals surface area contributed by atoms with Crippen LogP contribution in [0.3, 0.4) is 0 Å². The summed E-state index contributed by atoms with van der Waals surface area (Å²) in [6, 6.07) is 3.12. The number of hydrogen-bond donors (Lipinski definition) is 4. The van der Waals surface area contributed by atoms with Crippen molar-refractivity contribution in [2.45, 2.75) is 0 Å². The van der Waals surface area contributed by atoms with Gasteiger partial charge >= 0.3 is 0 Å². The van der Waals surface area contributed by atoms with Crippen LogP contribution in [0.2, 0.25) is 0 Å². The molecule has 0 spiro atoms. The zero-order chi connectivity index (χ0) is 12.0. The summed E-state index contributed by atoms with van der Waals surface area (Å²) in [6.07, 6.45) is 0. The van der Waals surface area contributed by atoms with Gasteiger partial charge in [0.1, 0.15) is 24.7 Å². The summed E-state index contributed by atoms with van der Waals surface area (Å²) >= 11 is 0. The van der Waals surface area contributed by atoms with E-state index < -0.39 is 0 Å². The van der Waals surface area contributed by atoms with Crippen molar-refractivity contribution in [3.05, 3.63) is 12.1 Å². The lowest BCUT2D eigenvalue weighted by atomic mass is 10.2. The number of hydrogen-bond acceptors (Lipinski definition) is 6. The largest absolute Gasteiger partial charge is 0.491 e. The summed E-state index contributed by atoms with van der Waals surface area (Å²) in [5, 5.41) is 17.3. The summed E-state index contributed by atoms with van der Waals surface area (Å²) < 4.78 is 10.4. The number of nitrogens with two attached hydrogens (primary N) is 2. The lowest BCUT2D eigenvalue weighted by molar-refractivity contribution is 0.195. The molecule has 0 atom stereocenters. The van der Waals surface area contributed by atoms with Gasteiger partial charge in [-0.15, -0.1) is 0 Å². The number of rotatable bonds is 6. The fourth-order valence-electron chi connectivity index (χ4n) is 1.14. The molecule has 6 nitrogen and oxygen atoms in total. The molecule has 0 aliphatic carbocycles. The fraction of sp³-hybridized carbons (Fsp3) is 0.400. The first-order chi connectivity index (χ1) is 7.69. The topological polar surface area (TPSA) is 111 Å². The molecule has 1 aromatic rings. The number of nitrogen functional groups attached to an aromatic ring is 2. The molecule has 6 N–H and O–H groups in total. The van der Waals surface area contributed by atoms with Crippen molar-refractivity contribution in [3.8, 4) is 11.5 Å². The van der Waals surface area contributed by atoms with Gasteiger partial charge in [0.2, 0.25) is 0 Å². The van der Waals surface area contributed by atoms with Gasteiger partial charge in [0.25, 0.3) is 0 Å². The summed E-state index contributed by atoms with van der Waals surface area (Å²) in [5.41, 5.74) is 12.0. The van der Waals surface area contributed by atoms with E-state index in [2.05, 4.69) is 0 Å². The van der Waals surface area contributed by atoms with E-state index in [4.69, 9.17) is 31.2 Å². The highest BCUT2D eigenvalue weighted by molar-refractivity contribution is 5.73. The van der Waals surface area contributed by atoms with E-state index in [1.807, 2.05) is 0 Å². The Morgan fingerprint density at radius 3 is 2.25 bits per heavy atom. The van der Waals surface area contributed by atoms with Crippen LogP contribution in [0.15, 0.2) is 12.1 Å². The smallest absolute Gasteiger partial charge is 0.148 e. The van der Waals surface area contributed by atoms with Crippen LogP contribution in [0.4, 0.5) is 11.4 Å². The van der Waals surface area contributed by atoms with Crippen molar-refractivity contribution >= 4 is 11.4 Å². The molecule has 0 radical (unpaired) electrons. The minimum absolute atomic E-state index is 0.0862. The van der Waals surface area contributed by atoms with Crippen LogP contribution in [-0.4, -0.2) is 36.6 Å². The van der Waals surface area contributed by atoms with Crippen molar-refractivity contribution in [2.75, 3.05) is 37.9 Å². The SMILES string of the molecule is Nc1cc(OCCO)cc(OCCO)c1N. The molecule has 1 rings (SSSR count). The first kappa shape index (κ1) is 12.4. The Morgan fingerprint density at radius 1 is 1.00 bits per heavy atom.